The van der Waals surface area contributed by atoms with Gasteiger partial charge < -0.3 is 4.42 Å². The van der Waals surface area contributed by atoms with Crippen LogP contribution in [0.2, 0.25) is 0 Å². The minimum Gasteiger partial charge on any atom is -0.415 e. The van der Waals surface area contributed by atoms with Gasteiger partial charge in [0, 0.05) is 24.8 Å². The van der Waals surface area contributed by atoms with Crippen LogP contribution in [0.4, 0.5) is 8.78 Å². The summed E-state index contributed by atoms with van der Waals surface area (Å²) in [5.74, 6) is -0.694. The van der Waals surface area contributed by atoms with Crippen molar-refractivity contribution in [1.29, 1.82) is 0 Å². The van der Waals surface area contributed by atoms with Crippen molar-refractivity contribution in [2.45, 2.75) is 32.9 Å². The Bertz CT molecular complexity index is 1220. The Morgan fingerprint density at radius 2 is 1.94 bits per heavy atom. The van der Waals surface area contributed by atoms with Gasteiger partial charge in [-0.05, 0) is 42.3 Å². The zero-order chi connectivity index (χ0) is 22.1. The molecule has 0 atom stereocenters. The second-order valence-corrected chi connectivity index (χ2v) is 7.69. The van der Waals surface area contributed by atoms with E-state index in [9.17, 15) is 8.78 Å². The number of fused-ring (bicyclic) bond motifs is 1. The molecule has 4 heterocycles. The maximum absolute atomic E-state index is 12.6. The first kappa shape index (κ1) is 20.4. The van der Waals surface area contributed by atoms with Gasteiger partial charge in [0.25, 0.3) is 5.89 Å². The Morgan fingerprint density at radius 1 is 1.06 bits per heavy atom. The maximum Gasteiger partial charge on any atom is 0.314 e. The smallest absolute Gasteiger partial charge is 0.314 e. The highest BCUT2D eigenvalue weighted by Crippen LogP contribution is 2.26. The summed E-state index contributed by atoms with van der Waals surface area (Å²) in [5.41, 5.74) is 5.82. The van der Waals surface area contributed by atoms with Crippen LogP contribution >= 0.6 is 0 Å². The van der Waals surface area contributed by atoms with E-state index in [0.717, 1.165) is 43.0 Å². The lowest BCUT2D eigenvalue weighted by atomic mass is 9.96. The SMILES string of the molecule is CCN1CCc2cc(-c3cn(Cc4ccc(-c5nnc(C(F)F)o5)cn4)nn3)ccc2C1. The van der Waals surface area contributed by atoms with Crippen molar-refractivity contribution in [2.75, 3.05) is 13.1 Å². The van der Waals surface area contributed by atoms with E-state index in [1.807, 2.05) is 6.20 Å². The highest BCUT2D eigenvalue weighted by molar-refractivity contribution is 5.60. The Hall–Kier alpha value is -3.53. The second kappa shape index (κ2) is 8.54. The van der Waals surface area contributed by atoms with Gasteiger partial charge in [-0.3, -0.25) is 9.88 Å². The summed E-state index contributed by atoms with van der Waals surface area (Å²) in [4.78, 5) is 6.79. The number of rotatable bonds is 6. The van der Waals surface area contributed by atoms with Crippen molar-refractivity contribution in [3.05, 3.63) is 65.4 Å². The van der Waals surface area contributed by atoms with Gasteiger partial charge in [0.05, 0.1) is 24.0 Å². The molecule has 10 heteroatoms. The monoisotopic (exact) mass is 437 g/mol. The topological polar surface area (TPSA) is 85.8 Å². The van der Waals surface area contributed by atoms with E-state index in [2.05, 4.69) is 55.5 Å². The van der Waals surface area contributed by atoms with Crippen molar-refractivity contribution in [1.82, 2.24) is 35.1 Å². The van der Waals surface area contributed by atoms with Crippen LogP contribution in [-0.2, 0) is 19.5 Å². The Labute approximate surface area is 182 Å². The van der Waals surface area contributed by atoms with Gasteiger partial charge in [0.2, 0.25) is 5.89 Å². The lowest BCUT2D eigenvalue weighted by molar-refractivity contribution is 0.116. The molecular formula is C22H21F2N7O. The van der Waals surface area contributed by atoms with Crippen LogP contribution in [-0.4, -0.2) is 48.2 Å². The number of halogens is 2. The van der Waals surface area contributed by atoms with Crippen LogP contribution in [0.25, 0.3) is 22.7 Å². The van der Waals surface area contributed by atoms with Gasteiger partial charge >= 0.3 is 6.43 Å². The molecule has 1 aliphatic rings. The molecule has 1 aliphatic heterocycles. The number of aromatic nitrogens is 6. The summed E-state index contributed by atoms with van der Waals surface area (Å²) in [5, 5.41) is 15.5. The zero-order valence-corrected chi connectivity index (χ0v) is 17.4. The molecule has 32 heavy (non-hydrogen) atoms. The lowest BCUT2D eigenvalue weighted by Crippen LogP contribution is -2.30. The van der Waals surface area contributed by atoms with Gasteiger partial charge in [-0.25, -0.2) is 4.68 Å². The van der Waals surface area contributed by atoms with Crippen LogP contribution in [0.1, 0.15) is 36.1 Å². The number of nitrogens with zero attached hydrogens (tertiary/aromatic N) is 7. The van der Waals surface area contributed by atoms with E-state index in [-0.39, 0.29) is 5.89 Å². The van der Waals surface area contributed by atoms with Crippen LogP contribution in [0.3, 0.4) is 0 Å². The number of pyridine rings is 1. The molecule has 164 valence electrons. The fraction of sp³-hybridized carbons (Fsp3) is 0.318. The predicted molar refractivity (Wildman–Crippen MR) is 112 cm³/mol. The first-order valence-corrected chi connectivity index (χ1v) is 10.4. The Morgan fingerprint density at radius 3 is 2.69 bits per heavy atom. The maximum atomic E-state index is 12.6. The molecular weight excluding hydrogens is 416 g/mol. The molecule has 0 spiro atoms. The van der Waals surface area contributed by atoms with E-state index in [0.29, 0.717) is 12.1 Å². The summed E-state index contributed by atoms with van der Waals surface area (Å²) in [6.45, 7) is 5.75. The third-order valence-electron chi connectivity index (χ3n) is 5.60. The molecule has 0 saturated carbocycles. The highest BCUT2D eigenvalue weighted by Gasteiger charge is 2.18. The fourth-order valence-corrected chi connectivity index (χ4v) is 3.80. The third kappa shape index (κ3) is 4.13. The molecule has 0 aliphatic carbocycles. The fourth-order valence-electron chi connectivity index (χ4n) is 3.80. The second-order valence-electron chi connectivity index (χ2n) is 7.69. The van der Waals surface area contributed by atoms with Crippen LogP contribution in [0.5, 0.6) is 0 Å². The molecule has 1 aromatic carbocycles. The molecule has 0 bridgehead atoms. The number of hydrogen-bond acceptors (Lipinski definition) is 7. The number of alkyl halides is 2. The van der Waals surface area contributed by atoms with E-state index < -0.39 is 12.3 Å². The van der Waals surface area contributed by atoms with Crippen molar-refractivity contribution in [3.8, 4) is 22.7 Å². The summed E-state index contributed by atoms with van der Waals surface area (Å²) in [6, 6.07) is 9.95. The average molecular weight is 437 g/mol. The van der Waals surface area contributed by atoms with E-state index in [1.165, 1.54) is 17.3 Å². The largest absolute Gasteiger partial charge is 0.415 e. The first-order chi connectivity index (χ1) is 15.6. The first-order valence-electron chi connectivity index (χ1n) is 10.4. The minimum absolute atomic E-state index is 0.0110. The Balaban J connectivity index is 1.28. The minimum atomic E-state index is -2.80. The highest BCUT2D eigenvalue weighted by atomic mass is 19.3. The number of likely N-dealkylation sites (N-methyl/N-ethyl adjacent to an activating group) is 1. The Kier molecular flexibility index (Phi) is 5.44. The van der Waals surface area contributed by atoms with Crippen LogP contribution < -0.4 is 0 Å². The summed E-state index contributed by atoms with van der Waals surface area (Å²) in [7, 11) is 0. The average Bonchev–Trinajstić information content (AvgIpc) is 3.49. The zero-order valence-electron chi connectivity index (χ0n) is 17.4. The molecule has 0 amide bonds. The van der Waals surface area contributed by atoms with Gasteiger partial charge in [-0.1, -0.05) is 24.3 Å². The summed E-state index contributed by atoms with van der Waals surface area (Å²) in [6.07, 6.45) is 1.65. The number of hydrogen-bond donors (Lipinski definition) is 0. The van der Waals surface area contributed by atoms with Gasteiger partial charge in [-0.15, -0.1) is 15.3 Å². The van der Waals surface area contributed by atoms with Crippen molar-refractivity contribution in [3.63, 3.8) is 0 Å². The van der Waals surface area contributed by atoms with Crippen molar-refractivity contribution >= 4 is 0 Å². The molecule has 0 radical (unpaired) electrons. The molecule has 0 unspecified atom stereocenters. The van der Waals surface area contributed by atoms with E-state index in [4.69, 9.17) is 4.42 Å². The molecule has 4 aromatic rings. The molecule has 8 nitrogen and oxygen atoms in total. The molecule has 5 rings (SSSR count). The van der Waals surface area contributed by atoms with Gasteiger partial charge in [0.1, 0.15) is 5.69 Å². The lowest BCUT2D eigenvalue weighted by Gasteiger charge is -2.27. The van der Waals surface area contributed by atoms with Gasteiger partial charge in [0.15, 0.2) is 0 Å². The third-order valence-corrected chi connectivity index (χ3v) is 5.60. The summed E-state index contributed by atoms with van der Waals surface area (Å²) < 4.78 is 31.9. The van der Waals surface area contributed by atoms with Crippen molar-refractivity contribution in [2.24, 2.45) is 0 Å². The molecule has 0 saturated heterocycles. The predicted octanol–water partition coefficient (Wildman–Crippen LogP) is 3.75. The van der Waals surface area contributed by atoms with E-state index >= 15 is 0 Å². The van der Waals surface area contributed by atoms with Crippen molar-refractivity contribution < 1.29 is 13.2 Å². The standard InChI is InChI=1S/C22H21F2N7O/c1-2-30-8-7-14-9-15(3-4-17(14)11-30)19-13-31(29-26-19)12-18-6-5-16(10-25-18)21-27-28-22(32-21)20(23)24/h3-6,9-10,13,20H,2,7-8,11-12H2,1H3. The molecule has 3 aromatic heterocycles. The molecule has 0 fully saturated rings. The number of benzene rings is 1. The van der Waals surface area contributed by atoms with Crippen LogP contribution in [0, 0.1) is 0 Å². The van der Waals surface area contributed by atoms with Gasteiger partial charge in [-0.2, -0.15) is 8.78 Å². The summed E-state index contributed by atoms with van der Waals surface area (Å²) >= 11 is 0. The molecule has 0 N–H and O–H groups in total. The normalized spacial score (nSPS) is 14.1. The van der Waals surface area contributed by atoms with E-state index in [1.54, 1.807) is 16.8 Å². The van der Waals surface area contributed by atoms with Crippen LogP contribution in [0.15, 0.2) is 47.1 Å². The quantitative estimate of drug-likeness (QED) is 0.454.